The average Bonchev–Trinajstić information content (AvgIpc) is 2.89. The van der Waals surface area contributed by atoms with Crippen LogP contribution in [0.2, 0.25) is 0 Å². The van der Waals surface area contributed by atoms with Gasteiger partial charge >= 0.3 is 0 Å². The van der Waals surface area contributed by atoms with Gasteiger partial charge in [-0.2, -0.15) is 0 Å². The van der Waals surface area contributed by atoms with Crippen molar-refractivity contribution in [1.29, 1.82) is 0 Å². The van der Waals surface area contributed by atoms with E-state index in [1.807, 2.05) is 38.5 Å². The van der Waals surface area contributed by atoms with Crippen LogP contribution in [0.1, 0.15) is 20.3 Å². The number of anilines is 1. The summed E-state index contributed by atoms with van der Waals surface area (Å²) in [4.78, 5) is 8.27. The van der Waals surface area contributed by atoms with Crippen LogP contribution in [-0.2, 0) is 6.54 Å². The van der Waals surface area contributed by atoms with E-state index in [9.17, 15) is 0 Å². The molecule has 19 heavy (non-hydrogen) atoms. The Balaban J connectivity index is 1.82. The summed E-state index contributed by atoms with van der Waals surface area (Å²) in [5.74, 6) is 0.667. The Bertz CT molecular complexity index is 482. The number of hydrogen-bond donors (Lipinski definition) is 1. The van der Waals surface area contributed by atoms with Gasteiger partial charge in [0.05, 0.1) is 18.1 Å². The molecule has 0 saturated carbocycles. The minimum absolute atomic E-state index is 0.126. The number of ether oxygens (including phenoxy) is 1. The van der Waals surface area contributed by atoms with Gasteiger partial charge in [-0.3, -0.25) is 0 Å². The zero-order valence-electron chi connectivity index (χ0n) is 11.4. The van der Waals surface area contributed by atoms with Crippen LogP contribution in [0.25, 0.3) is 0 Å². The smallest absolute Gasteiger partial charge is 0.237 e. The maximum atomic E-state index is 5.66. The van der Waals surface area contributed by atoms with Crippen molar-refractivity contribution in [2.45, 2.75) is 32.9 Å². The summed E-state index contributed by atoms with van der Waals surface area (Å²) in [6, 6.07) is 3.90. The second-order valence-corrected chi connectivity index (χ2v) is 4.60. The second kappa shape index (κ2) is 6.78. The fraction of sp³-hybridized carbons (Fsp3) is 0.429. The van der Waals surface area contributed by atoms with E-state index in [1.54, 1.807) is 12.4 Å². The van der Waals surface area contributed by atoms with Crippen molar-refractivity contribution >= 4 is 5.69 Å². The SMILES string of the molecule is CC(C)Oc1ncccc1NCCCn1ccnc1. The molecule has 0 aliphatic heterocycles. The Morgan fingerprint density at radius 2 is 2.26 bits per heavy atom. The van der Waals surface area contributed by atoms with E-state index in [4.69, 9.17) is 4.74 Å². The quantitative estimate of drug-likeness (QED) is 0.777. The standard InChI is InChI=1S/C14H20N4O/c1-12(2)19-14-13(5-3-6-17-14)16-7-4-9-18-10-8-15-11-18/h3,5-6,8,10-12,16H,4,7,9H2,1-2H3. The van der Waals surface area contributed by atoms with Crippen LogP contribution >= 0.6 is 0 Å². The Kier molecular flexibility index (Phi) is 4.78. The molecule has 2 aromatic heterocycles. The molecule has 5 heteroatoms. The summed E-state index contributed by atoms with van der Waals surface area (Å²) in [5.41, 5.74) is 0.946. The Morgan fingerprint density at radius 3 is 3.00 bits per heavy atom. The van der Waals surface area contributed by atoms with Gasteiger partial charge in [0.25, 0.3) is 0 Å². The normalized spacial score (nSPS) is 10.7. The molecule has 5 nitrogen and oxygen atoms in total. The van der Waals surface area contributed by atoms with Crippen molar-refractivity contribution in [2.75, 3.05) is 11.9 Å². The number of hydrogen-bond acceptors (Lipinski definition) is 4. The predicted octanol–water partition coefficient (Wildman–Crippen LogP) is 2.57. The largest absolute Gasteiger partial charge is 0.473 e. The zero-order chi connectivity index (χ0) is 13.5. The molecule has 0 bridgehead atoms. The molecule has 0 atom stereocenters. The highest BCUT2D eigenvalue weighted by Gasteiger charge is 2.05. The molecule has 0 aromatic carbocycles. The monoisotopic (exact) mass is 260 g/mol. The molecule has 2 heterocycles. The Hall–Kier alpha value is -2.04. The van der Waals surface area contributed by atoms with Gasteiger partial charge in [-0.1, -0.05) is 0 Å². The fourth-order valence-corrected chi connectivity index (χ4v) is 1.75. The van der Waals surface area contributed by atoms with Crippen molar-refractivity contribution in [1.82, 2.24) is 14.5 Å². The summed E-state index contributed by atoms with van der Waals surface area (Å²) in [5, 5.41) is 3.36. The van der Waals surface area contributed by atoms with E-state index in [2.05, 4.69) is 19.9 Å². The third kappa shape index (κ3) is 4.28. The van der Waals surface area contributed by atoms with Gasteiger partial charge in [-0.25, -0.2) is 9.97 Å². The van der Waals surface area contributed by atoms with Gasteiger partial charge < -0.3 is 14.6 Å². The molecule has 0 aliphatic carbocycles. The number of imidazole rings is 1. The molecule has 0 radical (unpaired) electrons. The first-order valence-electron chi connectivity index (χ1n) is 6.57. The maximum Gasteiger partial charge on any atom is 0.237 e. The summed E-state index contributed by atoms with van der Waals surface area (Å²) in [6.07, 6.45) is 8.49. The highest BCUT2D eigenvalue weighted by molar-refractivity contribution is 5.51. The van der Waals surface area contributed by atoms with Crippen LogP contribution in [-0.4, -0.2) is 27.2 Å². The van der Waals surface area contributed by atoms with Gasteiger partial charge in [0, 0.05) is 31.7 Å². The lowest BCUT2D eigenvalue weighted by atomic mass is 10.3. The van der Waals surface area contributed by atoms with Gasteiger partial charge in [-0.15, -0.1) is 0 Å². The number of nitrogens with zero attached hydrogens (tertiary/aromatic N) is 3. The minimum Gasteiger partial charge on any atom is -0.473 e. The summed E-state index contributed by atoms with van der Waals surface area (Å²) < 4.78 is 7.73. The van der Waals surface area contributed by atoms with Crippen molar-refractivity contribution in [3.05, 3.63) is 37.1 Å². The molecule has 0 saturated heterocycles. The minimum atomic E-state index is 0.126. The summed E-state index contributed by atoms with van der Waals surface area (Å²) in [6.45, 7) is 5.82. The van der Waals surface area contributed by atoms with E-state index < -0.39 is 0 Å². The van der Waals surface area contributed by atoms with E-state index in [0.29, 0.717) is 5.88 Å². The van der Waals surface area contributed by atoms with Crippen LogP contribution in [0.15, 0.2) is 37.1 Å². The van der Waals surface area contributed by atoms with Gasteiger partial charge in [-0.05, 0) is 32.4 Å². The van der Waals surface area contributed by atoms with Crippen molar-refractivity contribution < 1.29 is 4.74 Å². The van der Waals surface area contributed by atoms with E-state index >= 15 is 0 Å². The van der Waals surface area contributed by atoms with Gasteiger partial charge in [0.15, 0.2) is 0 Å². The fourth-order valence-electron chi connectivity index (χ4n) is 1.75. The number of rotatable bonds is 7. The first-order valence-corrected chi connectivity index (χ1v) is 6.57. The molecule has 0 unspecified atom stereocenters. The maximum absolute atomic E-state index is 5.66. The molecule has 2 rings (SSSR count). The average molecular weight is 260 g/mol. The second-order valence-electron chi connectivity index (χ2n) is 4.60. The number of aromatic nitrogens is 3. The lowest BCUT2D eigenvalue weighted by molar-refractivity contribution is 0.234. The molecule has 0 fully saturated rings. The molecular weight excluding hydrogens is 240 g/mol. The van der Waals surface area contributed by atoms with Gasteiger partial charge in [0.1, 0.15) is 0 Å². The molecule has 102 valence electrons. The predicted molar refractivity (Wildman–Crippen MR) is 75.3 cm³/mol. The first kappa shape index (κ1) is 13.4. The summed E-state index contributed by atoms with van der Waals surface area (Å²) in [7, 11) is 0. The molecule has 1 N–H and O–H groups in total. The topological polar surface area (TPSA) is 52.0 Å². The van der Waals surface area contributed by atoms with Crippen LogP contribution in [0.4, 0.5) is 5.69 Å². The highest BCUT2D eigenvalue weighted by Crippen LogP contribution is 2.21. The van der Waals surface area contributed by atoms with E-state index in [-0.39, 0.29) is 6.10 Å². The van der Waals surface area contributed by atoms with E-state index in [1.165, 1.54) is 0 Å². The first-order chi connectivity index (χ1) is 9.25. The van der Waals surface area contributed by atoms with Crippen LogP contribution in [0.3, 0.4) is 0 Å². The third-order valence-electron chi connectivity index (χ3n) is 2.59. The molecular formula is C14H20N4O. The Morgan fingerprint density at radius 1 is 1.37 bits per heavy atom. The van der Waals surface area contributed by atoms with Crippen LogP contribution < -0.4 is 10.1 Å². The van der Waals surface area contributed by atoms with Gasteiger partial charge in [0.2, 0.25) is 5.88 Å². The van der Waals surface area contributed by atoms with Crippen LogP contribution in [0, 0.1) is 0 Å². The lowest BCUT2D eigenvalue weighted by Gasteiger charge is -2.14. The van der Waals surface area contributed by atoms with Crippen LogP contribution in [0.5, 0.6) is 5.88 Å². The van der Waals surface area contributed by atoms with Crippen molar-refractivity contribution in [2.24, 2.45) is 0 Å². The number of aryl methyl sites for hydroxylation is 1. The number of nitrogens with one attached hydrogen (secondary N) is 1. The van der Waals surface area contributed by atoms with E-state index in [0.717, 1.165) is 25.2 Å². The molecule has 0 spiro atoms. The zero-order valence-corrected chi connectivity index (χ0v) is 11.4. The van der Waals surface area contributed by atoms with Crippen molar-refractivity contribution in [3.8, 4) is 5.88 Å². The molecule has 0 aliphatic rings. The molecule has 2 aromatic rings. The lowest BCUT2D eigenvalue weighted by Crippen LogP contribution is -2.11. The van der Waals surface area contributed by atoms with Crippen molar-refractivity contribution in [3.63, 3.8) is 0 Å². The summed E-state index contributed by atoms with van der Waals surface area (Å²) >= 11 is 0. The number of pyridine rings is 1. The third-order valence-corrected chi connectivity index (χ3v) is 2.59. The molecule has 0 amide bonds. The highest BCUT2D eigenvalue weighted by atomic mass is 16.5. The Labute approximate surface area is 113 Å².